The van der Waals surface area contributed by atoms with E-state index in [2.05, 4.69) is 31.8 Å². The Morgan fingerprint density at radius 1 is 1.12 bits per heavy atom. The van der Waals surface area contributed by atoms with Crippen LogP contribution in [0.2, 0.25) is 0 Å². The molecule has 9 heteroatoms. The number of amides is 2. The molecule has 2 amide bonds. The van der Waals surface area contributed by atoms with Gasteiger partial charge >= 0.3 is 0 Å². The van der Waals surface area contributed by atoms with Gasteiger partial charge in [0, 0.05) is 23.6 Å². The van der Waals surface area contributed by atoms with Gasteiger partial charge < -0.3 is 0 Å². The maximum atomic E-state index is 12.2. The van der Waals surface area contributed by atoms with Gasteiger partial charge in [-0.3, -0.25) is 25.0 Å². The third-order valence-corrected chi connectivity index (χ3v) is 5.57. The quantitative estimate of drug-likeness (QED) is 0.484. The van der Waals surface area contributed by atoms with Crippen LogP contribution in [0.25, 0.3) is 5.69 Å². The minimum Gasteiger partial charge on any atom is -0.295 e. The predicted molar refractivity (Wildman–Crippen MR) is 102 cm³/mol. The topological polar surface area (TPSA) is 76.0 Å². The van der Waals surface area contributed by atoms with Crippen LogP contribution in [0.1, 0.15) is 20.0 Å². The first-order chi connectivity index (χ1) is 12.1. The third-order valence-electron chi connectivity index (χ3n) is 3.28. The molecule has 3 rings (SSSR count). The van der Waals surface area contributed by atoms with Crippen molar-refractivity contribution in [3.63, 3.8) is 0 Å². The fourth-order valence-electron chi connectivity index (χ4n) is 2.09. The number of rotatable bonds is 4. The molecule has 2 aromatic heterocycles. The summed E-state index contributed by atoms with van der Waals surface area (Å²) in [6.07, 6.45) is 5.54. The Hall–Kier alpha value is -2.10. The van der Waals surface area contributed by atoms with Crippen LogP contribution in [0.5, 0.6) is 0 Å². The lowest BCUT2D eigenvalue weighted by Gasteiger charge is -2.08. The second-order valence-electron chi connectivity index (χ2n) is 4.84. The first kappa shape index (κ1) is 17.7. The number of nitrogens with one attached hydrogen (secondary N) is 2. The maximum absolute atomic E-state index is 12.2. The van der Waals surface area contributed by atoms with Crippen molar-refractivity contribution in [3.05, 3.63) is 63.0 Å². The van der Waals surface area contributed by atoms with Crippen molar-refractivity contribution in [1.82, 2.24) is 20.4 Å². The summed E-state index contributed by atoms with van der Waals surface area (Å²) in [5.41, 5.74) is 6.17. The molecule has 2 N–H and O–H groups in total. The highest BCUT2D eigenvalue weighted by molar-refractivity contribution is 9.11. The van der Waals surface area contributed by atoms with E-state index >= 15 is 0 Å². The van der Waals surface area contributed by atoms with Gasteiger partial charge in [-0.15, -0.1) is 11.3 Å². The number of nitrogens with zero attached hydrogens (tertiary/aromatic N) is 2. The summed E-state index contributed by atoms with van der Waals surface area (Å²) in [7, 11) is 0. The number of thiophene rings is 1. The minimum absolute atomic E-state index is 0.358. The fraction of sp³-hybridized carbons (Fsp3) is 0.0625. The molecule has 128 valence electrons. The lowest BCUT2D eigenvalue weighted by atomic mass is 10.2. The van der Waals surface area contributed by atoms with Crippen LogP contribution < -0.4 is 10.9 Å². The summed E-state index contributed by atoms with van der Waals surface area (Å²) in [4.78, 5) is 28.8. The van der Waals surface area contributed by atoms with E-state index in [-0.39, 0.29) is 11.8 Å². The molecule has 0 aliphatic rings. The number of aromatic nitrogens is 2. The number of halogens is 1. The standard InChI is InChI=1S/C16H13BrN4O2S2/c1-24-16-18-8-9-21(16)11-4-2-10(3-5-11)14(22)19-20-15(23)12-6-7-13(17)25-12/h2-9H,1H3,(H,19,22)(H,20,23). The zero-order valence-electron chi connectivity index (χ0n) is 13.0. The molecule has 0 saturated heterocycles. The van der Waals surface area contributed by atoms with Crippen molar-refractivity contribution in [3.8, 4) is 5.69 Å². The molecule has 0 aliphatic carbocycles. The summed E-state index contributed by atoms with van der Waals surface area (Å²) < 4.78 is 2.78. The zero-order chi connectivity index (χ0) is 17.8. The van der Waals surface area contributed by atoms with Gasteiger partial charge in [-0.2, -0.15) is 0 Å². The first-order valence-electron chi connectivity index (χ1n) is 7.12. The van der Waals surface area contributed by atoms with Crippen LogP contribution in [0.3, 0.4) is 0 Å². The number of carbonyl (C=O) groups is 2. The summed E-state index contributed by atoms with van der Waals surface area (Å²) in [6.45, 7) is 0. The van der Waals surface area contributed by atoms with Crippen LogP contribution in [-0.4, -0.2) is 27.6 Å². The highest BCUT2D eigenvalue weighted by atomic mass is 79.9. The Balaban J connectivity index is 1.64. The Morgan fingerprint density at radius 2 is 1.84 bits per heavy atom. The number of carbonyl (C=O) groups excluding carboxylic acids is 2. The molecule has 0 saturated carbocycles. The van der Waals surface area contributed by atoms with Gasteiger partial charge in [0.05, 0.1) is 8.66 Å². The van der Waals surface area contributed by atoms with E-state index < -0.39 is 0 Å². The summed E-state index contributed by atoms with van der Waals surface area (Å²) in [6, 6.07) is 10.5. The van der Waals surface area contributed by atoms with Gasteiger partial charge in [0.15, 0.2) is 5.16 Å². The number of benzene rings is 1. The van der Waals surface area contributed by atoms with Crippen molar-refractivity contribution in [2.45, 2.75) is 5.16 Å². The van der Waals surface area contributed by atoms with Crippen LogP contribution in [-0.2, 0) is 0 Å². The van der Waals surface area contributed by atoms with Gasteiger partial charge in [-0.1, -0.05) is 11.8 Å². The highest BCUT2D eigenvalue weighted by Gasteiger charge is 2.11. The van der Waals surface area contributed by atoms with Crippen LogP contribution >= 0.6 is 39.0 Å². The van der Waals surface area contributed by atoms with Crippen LogP contribution in [0, 0.1) is 0 Å². The lowest BCUT2D eigenvalue weighted by molar-refractivity contribution is 0.0849. The second-order valence-corrected chi connectivity index (χ2v) is 8.08. The average Bonchev–Trinajstić information content (AvgIpc) is 3.28. The van der Waals surface area contributed by atoms with Gasteiger partial charge in [-0.25, -0.2) is 4.98 Å². The summed E-state index contributed by atoms with van der Waals surface area (Å²) in [5, 5.41) is 0.867. The normalized spacial score (nSPS) is 10.5. The van der Waals surface area contributed by atoms with Crippen molar-refractivity contribution in [2.75, 3.05) is 6.26 Å². The average molecular weight is 437 g/mol. The molecule has 1 aromatic carbocycles. The Bertz CT molecular complexity index is 905. The second kappa shape index (κ2) is 7.85. The number of hydrogen-bond donors (Lipinski definition) is 2. The van der Waals surface area contributed by atoms with Crippen molar-refractivity contribution >= 4 is 50.8 Å². The van der Waals surface area contributed by atoms with Gasteiger partial charge in [0.25, 0.3) is 11.8 Å². The summed E-state index contributed by atoms with van der Waals surface area (Å²) in [5.74, 6) is -0.741. The fourth-order valence-corrected chi connectivity index (χ4v) is 3.90. The number of hydrogen-bond acceptors (Lipinski definition) is 5. The monoisotopic (exact) mass is 436 g/mol. The molecule has 0 unspecified atom stereocenters. The van der Waals surface area contributed by atoms with E-state index in [1.807, 2.05) is 29.2 Å². The zero-order valence-corrected chi connectivity index (χ0v) is 16.2. The molecule has 0 spiro atoms. The molecule has 0 bridgehead atoms. The van der Waals surface area contributed by atoms with Crippen LogP contribution in [0.15, 0.2) is 57.7 Å². The van der Waals surface area contributed by atoms with Gasteiger partial charge in [-0.05, 0) is 58.6 Å². The van der Waals surface area contributed by atoms with E-state index in [1.54, 1.807) is 42.2 Å². The number of hydrazine groups is 1. The molecule has 0 atom stereocenters. The van der Waals surface area contributed by atoms with E-state index in [0.29, 0.717) is 10.4 Å². The maximum Gasteiger partial charge on any atom is 0.279 e. The molecule has 3 aromatic rings. The minimum atomic E-state index is -0.383. The Morgan fingerprint density at radius 3 is 2.48 bits per heavy atom. The van der Waals surface area contributed by atoms with E-state index in [9.17, 15) is 9.59 Å². The molecule has 2 heterocycles. The third kappa shape index (κ3) is 4.12. The van der Waals surface area contributed by atoms with E-state index in [1.165, 1.54) is 11.3 Å². The van der Waals surface area contributed by atoms with Gasteiger partial charge in [0.2, 0.25) is 0 Å². The van der Waals surface area contributed by atoms with E-state index in [0.717, 1.165) is 14.6 Å². The molecule has 6 nitrogen and oxygen atoms in total. The molecule has 0 radical (unpaired) electrons. The number of imidazole rings is 1. The Labute approximate surface area is 160 Å². The van der Waals surface area contributed by atoms with Crippen molar-refractivity contribution < 1.29 is 9.59 Å². The largest absolute Gasteiger partial charge is 0.295 e. The molecular formula is C16H13BrN4O2S2. The molecule has 0 fully saturated rings. The van der Waals surface area contributed by atoms with E-state index in [4.69, 9.17) is 0 Å². The molecular weight excluding hydrogens is 424 g/mol. The van der Waals surface area contributed by atoms with Gasteiger partial charge in [0.1, 0.15) is 0 Å². The van der Waals surface area contributed by atoms with Crippen molar-refractivity contribution in [2.24, 2.45) is 0 Å². The smallest absolute Gasteiger partial charge is 0.279 e. The molecule has 0 aliphatic heterocycles. The first-order valence-corrected chi connectivity index (χ1v) is 9.95. The lowest BCUT2D eigenvalue weighted by Crippen LogP contribution is -2.41. The Kier molecular flexibility index (Phi) is 5.57. The molecule has 25 heavy (non-hydrogen) atoms. The van der Waals surface area contributed by atoms with Crippen LogP contribution in [0.4, 0.5) is 0 Å². The number of thioether (sulfide) groups is 1. The van der Waals surface area contributed by atoms with Crippen molar-refractivity contribution in [1.29, 1.82) is 0 Å². The summed E-state index contributed by atoms with van der Waals surface area (Å²) >= 11 is 6.12. The highest BCUT2D eigenvalue weighted by Crippen LogP contribution is 2.21. The predicted octanol–water partition coefficient (Wildman–Crippen LogP) is 3.49. The SMILES string of the molecule is CSc1nccn1-c1ccc(C(=O)NNC(=O)c2ccc(Br)s2)cc1.